The number of carbonyl (C=O) groups is 1. The fourth-order valence-corrected chi connectivity index (χ4v) is 2.32. The quantitative estimate of drug-likeness (QED) is 0.824. The summed E-state index contributed by atoms with van der Waals surface area (Å²) in [6.45, 7) is 4.04. The highest BCUT2D eigenvalue weighted by atomic mass is 16.1. The van der Waals surface area contributed by atoms with Crippen LogP contribution in [0.15, 0.2) is 18.3 Å². The number of piperidine rings is 1. The highest BCUT2D eigenvalue weighted by Gasteiger charge is 2.21. The van der Waals surface area contributed by atoms with Crippen LogP contribution in [0.2, 0.25) is 0 Å². The van der Waals surface area contributed by atoms with Crippen molar-refractivity contribution in [2.24, 2.45) is 0 Å². The first-order chi connectivity index (χ1) is 9.20. The van der Waals surface area contributed by atoms with Crippen LogP contribution < -0.4 is 5.32 Å². The monoisotopic (exact) mass is 258 g/mol. The van der Waals surface area contributed by atoms with Gasteiger partial charge in [0.2, 0.25) is 0 Å². The maximum absolute atomic E-state index is 12.1. The number of hydrogen-bond acceptors (Lipinski definition) is 4. The molecule has 19 heavy (non-hydrogen) atoms. The van der Waals surface area contributed by atoms with Crippen LogP contribution in [-0.4, -0.2) is 41.5 Å². The Bertz CT molecular complexity index is 486. The highest BCUT2D eigenvalue weighted by Crippen LogP contribution is 2.11. The third kappa shape index (κ3) is 3.52. The predicted octanol–water partition coefficient (Wildman–Crippen LogP) is 1.11. The van der Waals surface area contributed by atoms with Gasteiger partial charge in [-0.1, -0.05) is 0 Å². The molecule has 0 saturated carbocycles. The van der Waals surface area contributed by atoms with Crippen molar-refractivity contribution in [1.29, 1.82) is 5.26 Å². The van der Waals surface area contributed by atoms with Gasteiger partial charge in [0.1, 0.15) is 0 Å². The number of likely N-dealkylation sites (tertiary alicyclic amines) is 1. The summed E-state index contributed by atoms with van der Waals surface area (Å²) >= 11 is 0. The zero-order valence-corrected chi connectivity index (χ0v) is 11.1. The Kier molecular flexibility index (Phi) is 4.48. The molecule has 1 amide bonds. The molecule has 0 unspecified atom stereocenters. The van der Waals surface area contributed by atoms with Gasteiger partial charge in [-0.3, -0.25) is 14.7 Å². The molecule has 0 aliphatic carbocycles. The number of pyridine rings is 1. The van der Waals surface area contributed by atoms with Gasteiger partial charge in [-0.05, 0) is 31.9 Å². The number of hydrogen-bond donors (Lipinski definition) is 1. The van der Waals surface area contributed by atoms with Crippen LogP contribution in [0.1, 0.15) is 28.9 Å². The van der Waals surface area contributed by atoms with E-state index >= 15 is 0 Å². The van der Waals surface area contributed by atoms with E-state index in [1.165, 1.54) is 0 Å². The maximum atomic E-state index is 12.1. The summed E-state index contributed by atoms with van der Waals surface area (Å²) < 4.78 is 0. The fraction of sp³-hybridized carbons (Fsp3) is 0.500. The Morgan fingerprint density at radius 3 is 2.95 bits per heavy atom. The Hall–Kier alpha value is -1.93. The van der Waals surface area contributed by atoms with Gasteiger partial charge in [0.25, 0.3) is 5.91 Å². The number of aromatic nitrogens is 1. The molecule has 1 aromatic rings. The summed E-state index contributed by atoms with van der Waals surface area (Å²) in [6, 6.07) is 5.92. The minimum atomic E-state index is -0.0515. The van der Waals surface area contributed by atoms with Crippen molar-refractivity contribution in [2.45, 2.75) is 25.8 Å². The molecule has 0 aromatic carbocycles. The Morgan fingerprint density at radius 2 is 2.32 bits per heavy atom. The molecule has 1 N–H and O–H groups in total. The van der Waals surface area contributed by atoms with E-state index in [9.17, 15) is 4.79 Å². The Labute approximate surface area is 113 Å². The van der Waals surface area contributed by atoms with E-state index in [1.807, 2.05) is 6.92 Å². The van der Waals surface area contributed by atoms with E-state index in [2.05, 4.69) is 21.3 Å². The number of amides is 1. The van der Waals surface area contributed by atoms with Gasteiger partial charge in [0.05, 0.1) is 18.2 Å². The summed E-state index contributed by atoms with van der Waals surface area (Å²) in [5.74, 6) is -0.0515. The van der Waals surface area contributed by atoms with Gasteiger partial charge < -0.3 is 5.32 Å². The third-order valence-corrected chi connectivity index (χ3v) is 3.47. The molecule has 5 nitrogen and oxygen atoms in total. The van der Waals surface area contributed by atoms with Crippen molar-refractivity contribution in [2.75, 3.05) is 19.6 Å². The standard InChI is InChI=1S/C14H18N4O/c1-11-13(3-2-7-16-11)14(19)17-12-4-8-18(9-5-12)10-6-15/h2-3,7,12H,4-5,8-10H2,1H3,(H,17,19). The number of aryl methyl sites for hydroxylation is 1. The number of nitrogens with one attached hydrogen (secondary N) is 1. The minimum absolute atomic E-state index is 0.0515. The topological polar surface area (TPSA) is 69.0 Å². The highest BCUT2D eigenvalue weighted by molar-refractivity contribution is 5.95. The Balaban J connectivity index is 1.88. The average molecular weight is 258 g/mol. The molecule has 1 aliphatic rings. The zero-order chi connectivity index (χ0) is 13.7. The van der Waals surface area contributed by atoms with Gasteiger partial charge in [-0.25, -0.2) is 0 Å². The number of nitrogens with zero attached hydrogens (tertiary/aromatic N) is 3. The van der Waals surface area contributed by atoms with Crippen molar-refractivity contribution in [3.8, 4) is 6.07 Å². The lowest BCUT2D eigenvalue weighted by Crippen LogP contribution is -2.44. The molecule has 1 saturated heterocycles. The predicted molar refractivity (Wildman–Crippen MR) is 71.5 cm³/mol. The minimum Gasteiger partial charge on any atom is -0.349 e. The molecule has 1 aromatic heterocycles. The second-order valence-electron chi connectivity index (χ2n) is 4.82. The largest absolute Gasteiger partial charge is 0.349 e. The molecule has 0 radical (unpaired) electrons. The lowest BCUT2D eigenvalue weighted by atomic mass is 10.0. The first-order valence-electron chi connectivity index (χ1n) is 6.52. The maximum Gasteiger partial charge on any atom is 0.253 e. The number of rotatable bonds is 3. The lowest BCUT2D eigenvalue weighted by molar-refractivity contribution is 0.0913. The molecule has 1 fully saturated rings. The van der Waals surface area contributed by atoms with Gasteiger partial charge in [-0.2, -0.15) is 5.26 Å². The van der Waals surface area contributed by atoms with E-state index in [4.69, 9.17) is 5.26 Å². The van der Waals surface area contributed by atoms with E-state index < -0.39 is 0 Å². The van der Waals surface area contributed by atoms with Gasteiger partial charge >= 0.3 is 0 Å². The summed E-state index contributed by atoms with van der Waals surface area (Å²) in [5.41, 5.74) is 1.39. The van der Waals surface area contributed by atoms with Crippen molar-refractivity contribution < 1.29 is 4.79 Å². The summed E-state index contributed by atoms with van der Waals surface area (Å²) in [6.07, 6.45) is 3.48. The first kappa shape index (κ1) is 13.5. The van der Waals surface area contributed by atoms with Gasteiger partial charge in [-0.15, -0.1) is 0 Å². The third-order valence-electron chi connectivity index (χ3n) is 3.47. The van der Waals surface area contributed by atoms with Crippen molar-refractivity contribution in [3.05, 3.63) is 29.6 Å². The molecule has 0 spiro atoms. The fourth-order valence-electron chi connectivity index (χ4n) is 2.32. The summed E-state index contributed by atoms with van der Waals surface area (Å²) in [5, 5.41) is 11.7. The zero-order valence-electron chi connectivity index (χ0n) is 11.1. The van der Waals surface area contributed by atoms with E-state index in [0.29, 0.717) is 12.1 Å². The van der Waals surface area contributed by atoms with Crippen LogP contribution in [0, 0.1) is 18.3 Å². The summed E-state index contributed by atoms with van der Waals surface area (Å²) in [7, 11) is 0. The molecular formula is C14H18N4O. The van der Waals surface area contributed by atoms with Gasteiger partial charge in [0.15, 0.2) is 0 Å². The normalized spacial score (nSPS) is 16.8. The summed E-state index contributed by atoms with van der Waals surface area (Å²) in [4.78, 5) is 18.4. The Morgan fingerprint density at radius 1 is 1.58 bits per heavy atom. The second-order valence-corrected chi connectivity index (χ2v) is 4.82. The van der Waals surface area contributed by atoms with E-state index in [0.717, 1.165) is 31.6 Å². The van der Waals surface area contributed by atoms with Gasteiger partial charge in [0, 0.05) is 31.0 Å². The molecule has 2 heterocycles. The lowest BCUT2D eigenvalue weighted by Gasteiger charge is -2.30. The van der Waals surface area contributed by atoms with Crippen molar-refractivity contribution in [3.63, 3.8) is 0 Å². The van der Waals surface area contributed by atoms with Crippen LogP contribution in [0.25, 0.3) is 0 Å². The average Bonchev–Trinajstić information content (AvgIpc) is 2.42. The van der Waals surface area contributed by atoms with Crippen molar-refractivity contribution in [1.82, 2.24) is 15.2 Å². The van der Waals surface area contributed by atoms with Crippen LogP contribution in [0.5, 0.6) is 0 Å². The van der Waals surface area contributed by atoms with Crippen LogP contribution in [0.4, 0.5) is 0 Å². The molecular weight excluding hydrogens is 240 g/mol. The SMILES string of the molecule is Cc1ncccc1C(=O)NC1CCN(CC#N)CC1. The van der Waals surface area contributed by atoms with Crippen LogP contribution in [-0.2, 0) is 0 Å². The number of carbonyl (C=O) groups excluding carboxylic acids is 1. The molecule has 2 rings (SSSR count). The van der Waals surface area contributed by atoms with E-state index in [-0.39, 0.29) is 11.9 Å². The van der Waals surface area contributed by atoms with Crippen molar-refractivity contribution >= 4 is 5.91 Å². The smallest absolute Gasteiger partial charge is 0.253 e. The second kappa shape index (κ2) is 6.30. The van der Waals surface area contributed by atoms with Crippen LogP contribution in [0.3, 0.4) is 0 Å². The molecule has 0 bridgehead atoms. The molecule has 0 atom stereocenters. The molecule has 1 aliphatic heterocycles. The van der Waals surface area contributed by atoms with Crippen LogP contribution >= 0.6 is 0 Å². The first-order valence-corrected chi connectivity index (χ1v) is 6.52. The van der Waals surface area contributed by atoms with E-state index in [1.54, 1.807) is 18.3 Å². The molecule has 100 valence electrons. The molecule has 5 heteroatoms. The number of nitriles is 1.